The summed E-state index contributed by atoms with van der Waals surface area (Å²) >= 11 is -1.09. The molecule has 0 radical (unpaired) electrons. The molecular formula is CH3O2SY. The summed E-state index contributed by atoms with van der Waals surface area (Å²) in [6.07, 6.45) is 0. The molecule has 0 atom stereocenters. The fraction of sp³-hybridized carbons (Fsp3) is 1.00. The molecule has 0 rings (SSSR count). The van der Waals surface area contributed by atoms with Gasteiger partial charge in [-0.25, -0.2) is 0 Å². The molecule has 4 heteroatoms. The Hall–Kier alpha value is 0.924. The van der Waals surface area contributed by atoms with Crippen molar-refractivity contribution in [3.05, 3.63) is 0 Å². The van der Waals surface area contributed by atoms with Crippen molar-refractivity contribution in [2.24, 2.45) is 0 Å². The van der Waals surface area contributed by atoms with Gasteiger partial charge in [0.1, 0.15) is 0 Å². The second-order valence-electron chi connectivity index (χ2n) is 0.496. The third kappa shape index (κ3) is 4.92. The van der Waals surface area contributed by atoms with Crippen LogP contribution in [0.3, 0.4) is 0 Å². The summed E-state index contributed by atoms with van der Waals surface area (Å²) in [5.41, 5.74) is -1.63. The number of hydrogen-bond donors (Lipinski definition) is 0. The van der Waals surface area contributed by atoms with Crippen molar-refractivity contribution in [2.75, 3.05) is 0 Å². The second-order valence-corrected chi connectivity index (χ2v) is 7.80. The van der Waals surface area contributed by atoms with E-state index in [-0.39, 0.29) is 0 Å². The van der Waals surface area contributed by atoms with Gasteiger partial charge in [-0.05, 0) is 0 Å². The fourth-order valence-corrected chi connectivity index (χ4v) is 0. The molecule has 0 fully saturated rings. The van der Waals surface area contributed by atoms with Crippen LogP contribution in [0.15, 0.2) is 0 Å². The van der Waals surface area contributed by atoms with Gasteiger partial charge in [-0.15, -0.1) is 0 Å². The summed E-state index contributed by atoms with van der Waals surface area (Å²) in [7, 11) is 0. The van der Waals surface area contributed by atoms with E-state index in [1.54, 1.807) is 3.73 Å². The molecule has 0 N–H and O–H groups in total. The normalized spacial score (nSPS) is 5.80. The molecule has 5 heavy (non-hydrogen) atoms. The SMILES string of the molecule is [CH3][Y]=[S](=O)=O. The summed E-state index contributed by atoms with van der Waals surface area (Å²) in [5.74, 6) is 0. The topological polar surface area (TPSA) is 34.1 Å². The first-order valence-electron chi connectivity index (χ1n) is 1.15. The van der Waals surface area contributed by atoms with Crippen molar-refractivity contribution in [1.82, 2.24) is 0 Å². The monoisotopic (exact) mass is 168 g/mol. The van der Waals surface area contributed by atoms with E-state index in [4.69, 9.17) is 0 Å². The van der Waals surface area contributed by atoms with Gasteiger partial charge in [0.2, 0.25) is 0 Å². The van der Waals surface area contributed by atoms with Crippen LogP contribution in [0.1, 0.15) is 0 Å². The van der Waals surface area contributed by atoms with E-state index in [1.807, 2.05) is 0 Å². The summed E-state index contributed by atoms with van der Waals surface area (Å²) in [6.45, 7) is 0. The molecule has 0 aromatic rings. The molecule has 0 aliphatic rings. The van der Waals surface area contributed by atoms with E-state index in [0.717, 1.165) is 0 Å². The maximum atomic E-state index is 9.45. The third-order valence-electron chi connectivity index (χ3n) is 0.192. The molecule has 0 spiro atoms. The first-order valence-corrected chi connectivity index (χ1v) is 8.60. The second kappa shape index (κ2) is 3.13. The molecule has 0 unspecified atom stereocenters. The predicted octanol–water partition coefficient (Wildman–Crippen LogP) is -0.0889. The maximum absolute atomic E-state index is 9.45. The van der Waals surface area contributed by atoms with E-state index in [2.05, 4.69) is 0 Å². The molecule has 0 bridgehead atoms. The Balaban J connectivity index is 4.25. The van der Waals surface area contributed by atoms with Crippen LogP contribution >= 0.6 is 0 Å². The molecule has 0 aliphatic carbocycles. The standard InChI is InChI=1S/CH3.O2S.Y/c;1-3-2;/h1H3;;. The zero-order valence-electron chi connectivity index (χ0n) is 2.80. The molecule has 0 saturated heterocycles. The van der Waals surface area contributed by atoms with Gasteiger partial charge in [0.05, 0.1) is 0 Å². The Morgan fingerprint density at radius 2 is 1.80 bits per heavy atom. The zero-order chi connectivity index (χ0) is 4.28. The molecule has 0 amide bonds. The van der Waals surface area contributed by atoms with Crippen LogP contribution in [-0.4, -0.2) is 8.42 Å². The Kier molecular flexibility index (Phi) is 3.70. The average molecular weight is 168 g/mol. The molecule has 0 aliphatic heterocycles. The summed E-state index contributed by atoms with van der Waals surface area (Å²) in [5, 5.41) is 0. The van der Waals surface area contributed by atoms with Gasteiger partial charge in [-0.2, -0.15) is 0 Å². The molecule has 28 valence electrons. The molecule has 0 saturated carbocycles. The van der Waals surface area contributed by atoms with Crippen LogP contribution in [0.2, 0.25) is 3.73 Å². The van der Waals surface area contributed by atoms with Crippen LogP contribution < -0.4 is 0 Å². The third-order valence-corrected chi connectivity index (χ3v) is 3.42. The van der Waals surface area contributed by atoms with E-state index in [0.29, 0.717) is 0 Å². The van der Waals surface area contributed by atoms with Gasteiger partial charge in [-0.1, -0.05) is 0 Å². The summed E-state index contributed by atoms with van der Waals surface area (Å²) < 4.78 is 20.7. The van der Waals surface area contributed by atoms with Gasteiger partial charge in [0.15, 0.2) is 0 Å². The Bertz CT molecular complexity index is 113. The Labute approximate surface area is 44.4 Å². The van der Waals surface area contributed by atoms with Gasteiger partial charge in [0.25, 0.3) is 0 Å². The van der Waals surface area contributed by atoms with Crippen molar-refractivity contribution >= 4 is 5.67 Å². The van der Waals surface area contributed by atoms with Crippen molar-refractivity contribution in [3.63, 3.8) is 0 Å². The first kappa shape index (κ1) is 5.92. The fourth-order valence-electron chi connectivity index (χ4n) is 0. The number of hydrogen-bond acceptors (Lipinski definition) is 2. The van der Waals surface area contributed by atoms with Crippen LogP contribution in [0.5, 0.6) is 0 Å². The quantitative estimate of drug-likeness (QED) is 0.506. The van der Waals surface area contributed by atoms with Crippen LogP contribution in [0.25, 0.3) is 0 Å². The van der Waals surface area contributed by atoms with Crippen LogP contribution in [0, 0.1) is 0 Å². The molecule has 0 aromatic carbocycles. The Morgan fingerprint density at radius 3 is 1.80 bits per heavy atom. The van der Waals surface area contributed by atoms with Crippen LogP contribution in [0.4, 0.5) is 0 Å². The molecule has 0 aromatic heterocycles. The van der Waals surface area contributed by atoms with Crippen LogP contribution in [-0.2, 0) is 32.6 Å². The first-order chi connectivity index (χ1) is 2.27. The predicted molar refractivity (Wildman–Crippen MR) is 14.8 cm³/mol. The Morgan fingerprint density at radius 1 is 1.60 bits per heavy atom. The summed E-state index contributed by atoms with van der Waals surface area (Å²) in [4.78, 5) is 0. The molecule has 2 nitrogen and oxygen atoms in total. The summed E-state index contributed by atoms with van der Waals surface area (Å²) in [6, 6.07) is 0. The van der Waals surface area contributed by atoms with Gasteiger partial charge < -0.3 is 0 Å². The van der Waals surface area contributed by atoms with E-state index in [1.165, 1.54) is 0 Å². The van der Waals surface area contributed by atoms with Crippen molar-refractivity contribution in [3.8, 4) is 0 Å². The molecular weight excluding hydrogens is 165 g/mol. The molecule has 0 heterocycles. The average Bonchev–Trinajstić information content (AvgIpc) is 1.38. The van der Waals surface area contributed by atoms with Crippen molar-refractivity contribution < 1.29 is 35.3 Å². The van der Waals surface area contributed by atoms with E-state index < -0.39 is 32.6 Å². The minimum absolute atomic E-state index is 1.09. The number of rotatable bonds is 0. The zero-order valence-corrected chi connectivity index (χ0v) is 6.46. The van der Waals surface area contributed by atoms with Gasteiger partial charge >= 0.3 is 44.7 Å². The van der Waals surface area contributed by atoms with Gasteiger partial charge in [0, 0.05) is 0 Å². The van der Waals surface area contributed by atoms with E-state index >= 15 is 0 Å². The van der Waals surface area contributed by atoms with Crippen molar-refractivity contribution in [1.29, 1.82) is 0 Å². The van der Waals surface area contributed by atoms with Crippen molar-refractivity contribution in [2.45, 2.75) is 3.73 Å². The minimum atomic E-state index is -1.63. The van der Waals surface area contributed by atoms with Gasteiger partial charge in [-0.3, -0.25) is 0 Å². The van der Waals surface area contributed by atoms with E-state index in [9.17, 15) is 8.42 Å².